The largest absolute Gasteiger partial charge is 0.357 e. The molecule has 4 heteroatoms. The van der Waals surface area contributed by atoms with Gasteiger partial charge < -0.3 is 10.5 Å². The van der Waals surface area contributed by atoms with Gasteiger partial charge in [0, 0.05) is 13.0 Å². The van der Waals surface area contributed by atoms with Crippen molar-refractivity contribution in [1.82, 2.24) is 0 Å². The number of aldehydes is 1. The number of nitrogens with two attached hydrogens (primary N) is 1. The molecule has 0 saturated carbocycles. The SMILES string of the molecule is CCCCOC(Br)(C=O)CCN. The van der Waals surface area contributed by atoms with Gasteiger partial charge in [-0.05, 0) is 28.9 Å². The third-order valence-corrected chi connectivity index (χ3v) is 2.31. The summed E-state index contributed by atoms with van der Waals surface area (Å²) in [4.78, 5) is 10.6. The number of carbonyl (C=O) groups is 1. The van der Waals surface area contributed by atoms with Crippen LogP contribution in [0, 0.1) is 0 Å². The molecule has 72 valence electrons. The second-order valence-corrected chi connectivity index (χ2v) is 3.99. The summed E-state index contributed by atoms with van der Waals surface area (Å²) in [5, 5.41) is 0. The molecule has 0 spiro atoms. The Morgan fingerprint density at radius 3 is 2.75 bits per heavy atom. The highest BCUT2D eigenvalue weighted by Crippen LogP contribution is 2.21. The number of rotatable bonds is 7. The van der Waals surface area contributed by atoms with Gasteiger partial charge in [0.25, 0.3) is 0 Å². The third kappa shape index (κ3) is 4.85. The van der Waals surface area contributed by atoms with E-state index in [-0.39, 0.29) is 0 Å². The molecule has 1 unspecified atom stereocenters. The van der Waals surface area contributed by atoms with E-state index in [0.717, 1.165) is 19.1 Å². The summed E-state index contributed by atoms with van der Waals surface area (Å²) in [5.74, 6) is 0. The number of ether oxygens (including phenoxy) is 1. The second kappa shape index (κ2) is 6.57. The molecule has 0 radical (unpaired) electrons. The van der Waals surface area contributed by atoms with E-state index < -0.39 is 4.51 Å². The van der Waals surface area contributed by atoms with Crippen molar-refractivity contribution in [2.75, 3.05) is 13.2 Å². The highest BCUT2D eigenvalue weighted by Gasteiger charge is 2.25. The highest BCUT2D eigenvalue weighted by atomic mass is 79.9. The molecule has 2 N–H and O–H groups in total. The van der Waals surface area contributed by atoms with Crippen molar-refractivity contribution >= 4 is 22.2 Å². The average molecular weight is 238 g/mol. The minimum Gasteiger partial charge on any atom is -0.357 e. The maximum Gasteiger partial charge on any atom is 0.178 e. The third-order valence-electron chi connectivity index (χ3n) is 1.50. The molecule has 0 aromatic carbocycles. The van der Waals surface area contributed by atoms with Crippen molar-refractivity contribution in [2.45, 2.75) is 30.7 Å². The summed E-state index contributed by atoms with van der Waals surface area (Å²) in [6, 6.07) is 0. The molecule has 0 bridgehead atoms. The molecule has 1 atom stereocenters. The summed E-state index contributed by atoms with van der Waals surface area (Å²) in [6.07, 6.45) is 3.30. The van der Waals surface area contributed by atoms with Crippen LogP contribution < -0.4 is 5.73 Å². The number of hydrogen-bond acceptors (Lipinski definition) is 3. The van der Waals surface area contributed by atoms with E-state index in [9.17, 15) is 4.79 Å². The van der Waals surface area contributed by atoms with E-state index in [4.69, 9.17) is 10.5 Å². The fourth-order valence-electron chi connectivity index (χ4n) is 0.748. The molecule has 3 nitrogen and oxygen atoms in total. The van der Waals surface area contributed by atoms with Gasteiger partial charge in [-0.2, -0.15) is 0 Å². The van der Waals surface area contributed by atoms with E-state index in [1.807, 2.05) is 0 Å². The van der Waals surface area contributed by atoms with Gasteiger partial charge in [-0.3, -0.25) is 4.79 Å². The molecule has 0 saturated heterocycles. The van der Waals surface area contributed by atoms with Crippen molar-refractivity contribution in [3.05, 3.63) is 0 Å². The zero-order valence-electron chi connectivity index (χ0n) is 7.38. The zero-order valence-corrected chi connectivity index (χ0v) is 8.97. The van der Waals surface area contributed by atoms with E-state index in [1.54, 1.807) is 0 Å². The summed E-state index contributed by atoms with van der Waals surface area (Å²) in [7, 11) is 0. The van der Waals surface area contributed by atoms with Crippen LogP contribution in [0.4, 0.5) is 0 Å². The highest BCUT2D eigenvalue weighted by molar-refractivity contribution is 9.10. The van der Waals surface area contributed by atoms with Crippen LogP contribution in [-0.4, -0.2) is 23.9 Å². The molecule has 12 heavy (non-hydrogen) atoms. The van der Waals surface area contributed by atoms with Gasteiger partial charge in [0.05, 0.1) is 0 Å². The Morgan fingerprint density at radius 1 is 1.67 bits per heavy atom. The van der Waals surface area contributed by atoms with Gasteiger partial charge in [-0.1, -0.05) is 13.3 Å². The number of halogens is 1. The number of alkyl halides is 1. The van der Waals surface area contributed by atoms with Crippen molar-refractivity contribution in [1.29, 1.82) is 0 Å². The van der Waals surface area contributed by atoms with Crippen LogP contribution in [0.2, 0.25) is 0 Å². The Kier molecular flexibility index (Phi) is 6.61. The van der Waals surface area contributed by atoms with Crippen molar-refractivity contribution in [3.8, 4) is 0 Å². The van der Waals surface area contributed by atoms with Crippen LogP contribution in [-0.2, 0) is 9.53 Å². The first-order valence-corrected chi connectivity index (χ1v) is 4.97. The minimum absolute atomic E-state index is 0.441. The summed E-state index contributed by atoms with van der Waals surface area (Å²) < 4.78 is 4.48. The maximum absolute atomic E-state index is 10.6. The molecule has 0 aromatic rings. The lowest BCUT2D eigenvalue weighted by Crippen LogP contribution is -2.30. The van der Waals surface area contributed by atoms with Crippen LogP contribution in [0.3, 0.4) is 0 Å². The second-order valence-electron chi connectivity index (χ2n) is 2.64. The Bertz CT molecular complexity index is 132. The zero-order chi connectivity index (χ0) is 9.45. The van der Waals surface area contributed by atoms with Crippen molar-refractivity contribution < 1.29 is 9.53 Å². The van der Waals surface area contributed by atoms with E-state index in [1.165, 1.54) is 0 Å². The molecule has 0 aliphatic rings. The normalized spacial score (nSPS) is 15.6. The molecule has 0 fully saturated rings. The lowest BCUT2D eigenvalue weighted by Gasteiger charge is -2.20. The molecular weight excluding hydrogens is 222 g/mol. The first-order valence-electron chi connectivity index (χ1n) is 4.18. The minimum atomic E-state index is -0.850. The molecule has 0 aliphatic carbocycles. The van der Waals surface area contributed by atoms with Gasteiger partial charge in [0.15, 0.2) is 10.8 Å². The van der Waals surface area contributed by atoms with Crippen LogP contribution >= 0.6 is 15.9 Å². The van der Waals surface area contributed by atoms with Gasteiger partial charge in [-0.25, -0.2) is 0 Å². The smallest absolute Gasteiger partial charge is 0.178 e. The first-order chi connectivity index (χ1) is 5.68. The number of unbranched alkanes of at least 4 members (excludes halogenated alkanes) is 1. The van der Waals surface area contributed by atoms with Crippen molar-refractivity contribution in [3.63, 3.8) is 0 Å². The van der Waals surface area contributed by atoms with Gasteiger partial charge in [-0.15, -0.1) is 0 Å². The Hall–Kier alpha value is 0.0700. The Balaban J connectivity index is 3.71. The first kappa shape index (κ1) is 12.1. The lowest BCUT2D eigenvalue weighted by molar-refractivity contribution is -0.120. The Morgan fingerprint density at radius 2 is 2.33 bits per heavy atom. The van der Waals surface area contributed by atoms with Crippen LogP contribution in [0.5, 0.6) is 0 Å². The summed E-state index contributed by atoms with van der Waals surface area (Å²) in [6.45, 7) is 3.11. The summed E-state index contributed by atoms with van der Waals surface area (Å²) >= 11 is 3.20. The fourth-order valence-corrected chi connectivity index (χ4v) is 1.14. The average Bonchev–Trinajstić information content (AvgIpc) is 2.06. The maximum atomic E-state index is 10.6. The molecule has 0 aliphatic heterocycles. The van der Waals surface area contributed by atoms with E-state index in [2.05, 4.69) is 22.9 Å². The van der Waals surface area contributed by atoms with Crippen LogP contribution in [0.1, 0.15) is 26.2 Å². The number of hydrogen-bond donors (Lipinski definition) is 1. The molecule has 0 amide bonds. The monoisotopic (exact) mass is 237 g/mol. The van der Waals surface area contributed by atoms with Gasteiger partial charge in [0.1, 0.15) is 0 Å². The van der Waals surface area contributed by atoms with Crippen LogP contribution in [0.15, 0.2) is 0 Å². The molecule has 0 heterocycles. The van der Waals surface area contributed by atoms with Crippen LogP contribution in [0.25, 0.3) is 0 Å². The number of carbonyl (C=O) groups excluding carboxylic acids is 1. The topological polar surface area (TPSA) is 52.3 Å². The predicted octanol–water partition coefficient (Wildman–Crippen LogP) is 1.44. The standard InChI is InChI=1S/C8H16BrNO2/c1-2-3-6-12-8(9,7-11)4-5-10/h7H,2-6,10H2,1H3. The van der Waals surface area contributed by atoms with E-state index in [0.29, 0.717) is 19.6 Å². The van der Waals surface area contributed by atoms with Crippen molar-refractivity contribution in [2.24, 2.45) is 5.73 Å². The van der Waals surface area contributed by atoms with Gasteiger partial charge in [0.2, 0.25) is 0 Å². The van der Waals surface area contributed by atoms with Gasteiger partial charge >= 0.3 is 0 Å². The quantitative estimate of drug-likeness (QED) is 0.415. The molecule has 0 aromatic heterocycles. The fraction of sp³-hybridized carbons (Fsp3) is 0.875. The Labute approximate surface area is 81.8 Å². The lowest BCUT2D eigenvalue weighted by atomic mass is 10.3. The predicted molar refractivity (Wildman–Crippen MR) is 52.3 cm³/mol. The molecular formula is C8H16BrNO2. The molecule has 0 rings (SSSR count). The van der Waals surface area contributed by atoms with E-state index >= 15 is 0 Å². The summed E-state index contributed by atoms with van der Waals surface area (Å²) in [5.41, 5.74) is 5.33.